The number of alkyl halides is 1. The first-order chi connectivity index (χ1) is 8.29. The summed E-state index contributed by atoms with van der Waals surface area (Å²) in [6.07, 6.45) is 1.88. The van der Waals surface area contributed by atoms with Crippen molar-refractivity contribution in [1.82, 2.24) is 14.8 Å². The van der Waals surface area contributed by atoms with E-state index < -0.39 is 0 Å². The first-order valence-corrected chi connectivity index (χ1v) is 6.74. The third kappa shape index (κ3) is 3.66. The second-order valence-corrected chi connectivity index (χ2v) is 4.95. The largest absolute Gasteiger partial charge is 0.300 e. The molecule has 0 aromatic carbocycles. The zero-order chi connectivity index (χ0) is 12.1. The number of pyridine rings is 1. The average molecular weight is 254 g/mol. The van der Waals surface area contributed by atoms with Gasteiger partial charge in [-0.1, -0.05) is 6.07 Å². The summed E-state index contributed by atoms with van der Waals surface area (Å²) in [5.41, 5.74) is 2.49. The zero-order valence-electron chi connectivity index (χ0n) is 10.4. The number of rotatable bonds is 4. The van der Waals surface area contributed by atoms with Crippen molar-refractivity contribution in [3.8, 4) is 0 Å². The summed E-state index contributed by atoms with van der Waals surface area (Å²) in [4.78, 5) is 9.35. The van der Waals surface area contributed by atoms with Crippen LogP contribution in [-0.2, 0) is 6.54 Å². The van der Waals surface area contributed by atoms with Crippen LogP contribution in [0.25, 0.3) is 0 Å². The van der Waals surface area contributed by atoms with E-state index in [4.69, 9.17) is 11.6 Å². The summed E-state index contributed by atoms with van der Waals surface area (Å²) >= 11 is 5.76. The van der Waals surface area contributed by atoms with Crippen molar-refractivity contribution >= 4 is 11.6 Å². The molecule has 1 aliphatic rings. The maximum absolute atomic E-state index is 5.76. The van der Waals surface area contributed by atoms with Gasteiger partial charge in [-0.15, -0.1) is 11.6 Å². The Morgan fingerprint density at radius 1 is 1.24 bits per heavy atom. The van der Waals surface area contributed by atoms with Crippen LogP contribution in [-0.4, -0.2) is 53.4 Å². The Hall–Kier alpha value is -0.640. The molecular weight excluding hydrogens is 234 g/mol. The van der Waals surface area contributed by atoms with Crippen molar-refractivity contribution in [2.24, 2.45) is 0 Å². The lowest BCUT2D eigenvalue weighted by Crippen LogP contribution is -2.46. The molecule has 0 amide bonds. The van der Waals surface area contributed by atoms with Crippen molar-refractivity contribution < 1.29 is 0 Å². The Labute approximate surface area is 108 Å². The number of aromatic nitrogens is 1. The van der Waals surface area contributed by atoms with Gasteiger partial charge in [0.2, 0.25) is 0 Å². The topological polar surface area (TPSA) is 19.4 Å². The van der Waals surface area contributed by atoms with E-state index in [0.717, 1.165) is 45.1 Å². The minimum absolute atomic E-state index is 0.735. The first kappa shape index (κ1) is 12.8. The monoisotopic (exact) mass is 253 g/mol. The van der Waals surface area contributed by atoms with Gasteiger partial charge in [0, 0.05) is 51.3 Å². The molecule has 0 radical (unpaired) electrons. The van der Waals surface area contributed by atoms with E-state index in [2.05, 4.69) is 27.8 Å². The fourth-order valence-corrected chi connectivity index (χ4v) is 2.43. The lowest BCUT2D eigenvalue weighted by Gasteiger charge is -2.34. The van der Waals surface area contributed by atoms with E-state index >= 15 is 0 Å². The summed E-state index contributed by atoms with van der Waals surface area (Å²) in [7, 11) is 0. The van der Waals surface area contributed by atoms with Gasteiger partial charge in [-0.2, -0.15) is 0 Å². The fraction of sp³-hybridized carbons (Fsp3) is 0.615. The molecule has 0 aliphatic carbocycles. The predicted molar refractivity (Wildman–Crippen MR) is 71.4 cm³/mol. The van der Waals surface area contributed by atoms with Gasteiger partial charge in [-0.05, 0) is 18.6 Å². The SMILES string of the molecule is Cc1cccnc1CN1CCN(CCCl)CC1. The minimum Gasteiger partial charge on any atom is -0.300 e. The van der Waals surface area contributed by atoms with Crippen molar-refractivity contribution in [3.63, 3.8) is 0 Å². The summed E-state index contributed by atoms with van der Waals surface area (Å²) in [5, 5.41) is 0. The highest BCUT2D eigenvalue weighted by molar-refractivity contribution is 6.18. The molecule has 17 heavy (non-hydrogen) atoms. The number of hydrogen-bond donors (Lipinski definition) is 0. The lowest BCUT2D eigenvalue weighted by atomic mass is 10.2. The molecule has 1 saturated heterocycles. The number of aryl methyl sites for hydroxylation is 1. The molecule has 0 unspecified atom stereocenters. The van der Waals surface area contributed by atoms with Gasteiger partial charge in [0.1, 0.15) is 0 Å². The molecule has 0 N–H and O–H groups in total. The predicted octanol–water partition coefficient (Wildman–Crippen LogP) is 1.75. The molecule has 2 heterocycles. The van der Waals surface area contributed by atoms with Crippen LogP contribution in [0.3, 0.4) is 0 Å². The third-order valence-electron chi connectivity index (χ3n) is 3.36. The van der Waals surface area contributed by atoms with Gasteiger partial charge >= 0.3 is 0 Å². The molecule has 0 atom stereocenters. The Balaban J connectivity index is 1.84. The first-order valence-electron chi connectivity index (χ1n) is 6.21. The van der Waals surface area contributed by atoms with E-state index in [1.807, 2.05) is 12.3 Å². The van der Waals surface area contributed by atoms with Crippen LogP contribution in [0, 0.1) is 6.92 Å². The average Bonchev–Trinajstić information content (AvgIpc) is 2.35. The molecule has 2 rings (SSSR count). The van der Waals surface area contributed by atoms with E-state index in [1.54, 1.807) is 0 Å². The molecule has 1 fully saturated rings. The lowest BCUT2D eigenvalue weighted by molar-refractivity contribution is 0.131. The van der Waals surface area contributed by atoms with Crippen LogP contribution >= 0.6 is 11.6 Å². The highest BCUT2D eigenvalue weighted by Gasteiger charge is 2.17. The van der Waals surface area contributed by atoms with Gasteiger partial charge < -0.3 is 0 Å². The Bertz CT molecular complexity index is 348. The van der Waals surface area contributed by atoms with Crippen molar-refractivity contribution in [1.29, 1.82) is 0 Å². The molecule has 94 valence electrons. The van der Waals surface area contributed by atoms with Crippen LogP contribution in [0.4, 0.5) is 0 Å². The van der Waals surface area contributed by atoms with Gasteiger partial charge in [0.05, 0.1) is 5.69 Å². The summed E-state index contributed by atoms with van der Waals surface area (Å²) in [6.45, 7) is 8.60. The number of piperazine rings is 1. The molecule has 0 bridgehead atoms. The number of nitrogens with zero attached hydrogens (tertiary/aromatic N) is 3. The molecule has 1 aromatic heterocycles. The quantitative estimate of drug-likeness (QED) is 0.763. The molecule has 1 aliphatic heterocycles. The Morgan fingerprint density at radius 2 is 1.94 bits per heavy atom. The molecule has 4 heteroatoms. The van der Waals surface area contributed by atoms with E-state index in [1.165, 1.54) is 11.3 Å². The van der Waals surface area contributed by atoms with Gasteiger partial charge in [-0.25, -0.2) is 0 Å². The van der Waals surface area contributed by atoms with Crippen LogP contribution in [0.2, 0.25) is 0 Å². The summed E-state index contributed by atoms with van der Waals surface area (Å²) in [6, 6.07) is 4.13. The van der Waals surface area contributed by atoms with E-state index in [9.17, 15) is 0 Å². The minimum atomic E-state index is 0.735. The van der Waals surface area contributed by atoms with Crippen molar-refractivity contribution in [2.45, 2.75) is 13.5 Å². The highest BCUT2D eigenvalue weighted by Crippen LogP contribution is 2.09. The fourth-order valence-electron chi connectivity index (χ4n) is 2.19. The maximum atomic E-state index is 5.76. The van der Waals surface area contributed by atoms with Gasteiger partial charge in [-0.3, -0.25) is 14.8 Å². The molecular formula is C13H20ClN3. The van der Waals surface area contributed by atoms with Crippen LogP contribution in [0.1, 0.15) is 11.3 Å². The molecule has 0 saturated carbocycles. The second kappa shape index (κ2) is 6.34. The Kier molecular flexibility index (Phi) is 4.77. The highest BCUT2D eigenvalue weighted by atomic mass is 35.5. The van der Waals surface area contributed by atoms with Crippen molar-refractivity contribution in [2.75, 3.05) is 38.6 Å². The third-order valence-corrected chi connectivity index (χ3v) is 3.53. The summed E-state index contributed by atoms with van der Waals surface area (Å²) in [5.74, 6) is 0.735. The van der Waals surface area contributed by atoms with Crippen LogP contribution in [0.5, 0.6) is 0 Å². The molecule has 0 spiro atoms. The van der Waals surface area contributed by atoms with Gasteiger partial charge in [0.25, 0.3) is 0 Å². The number of hydrogen-bond acceptors (Lipinski definition) is 3. The zero-order valence-corrected chi connectivity index (χ0v) is 11.2. The normalized spacial score (nSPS) is 18.5. The Morgan fingerprint density at radius 3 is 2.59 bits per heavy atom. The summed E-state index contributed by atoms with van der Waals surface area (Å²) < 4.78 is 0. The smallest absolute Gasteiger partial charge is 0.0573 e. The van der Waals surface area contributed by atoms with Crippen molar-refractivity contribution in [3.05, 3.63) is 29.6 Å². The maximum Gasteiger partial charge on any atom is 0.0573 e. The van der Waals surface area contributed by atoms with E-state index in [-0.39, 0.29) is 0 Å². The van der Waals surface area contributed by atoms with E-state index in [0.29, 0.717) is 0 Å². The van der Waals surface area contributed by atoms with Crippen LogP contribution < -0.4 is 0 Å². The second-order valence-electron chi connectivity index (χ2n) is 4.57. The van der Waals surface area contributed by atoms with Crippen LogP contribution in [0.15, 0.2) is 18.3 Å². The number of halogens is 1. The molecule has 1 aromatic rings. The van der Waals surface area contributed by atoms with Gasteiger partial charge in [0.15, 0.2) is 0 Å². The standard InChI is InChI=1S/C13H20ClN3/c1-12-3-2-5-15-13(12)11-17-9-7-16(6-4-14)8-10-17/h2-3,5H,4,6-11H2,1H3. The molecule has 3 nitrogen and oxygen atoms in total.